The number of amides is 1. The van der Waals surface area contributed by atoms with Crippen LogP contribution in [0, 0.1) is 16.0 Å². The average molecular weight is 310 g/mol. The molecule has 2 rings (SSSR count). The van der Waals surface area contributed by atoms with Crippen LogP contribution in [0.15, 0.2) is 18.2 Å². The fraction of sp³-hybridized carbons (Fsp3) is 0.385. The van der Waals surface area contributed by atoms with Gasteiger partial charge in [0, 0.05) is 25.1 Å². The number of anilines is 1. The lowest BCUT2D eigenvalue weighted by atomic mass is 10.1. The van der Waals surface area contributed by atoms with Crippen LogP contribution in [0.4, 0.5) is 11.4 Å². The molecule has 112 valence electrons. The number of carbonyl (C=O) groups is 2. The molecule has 0 bridgehead atoms. The number of methoxy groups -OCH3 is 1. The maximum atomic E-state index is 12.0. The molecule has 1 fully saturated rings. The van der Waals surface area contributed by atoms with Gasteiger partial charge in [0.25, 0.3) is 5.69 Å². The van der Waals surface area contributed by atoms with Crippen LogP contribution in [-0.2, 0) is 9.53 Å². The normalized spacial score (nSPS) is 17.9. The standard InChI is InChI=1S/C13H14N2O5S/c1-20-13(17)10-5-9(15(18)19)2-3-11(10)14-6-8(7-21)4-12(14)16/h2-3,5,8,21H,4,6-7H2,1H3. The molecule has 1 aromatic carbocycles. The second-order valence-electron chi connectivity index (χ2n) is 4.71. The number of rotatable bonds is 4. The zero-order valence-corrected chi connectivity index (χ0v) is 12.2. The predicted octanol–water partition coefficient (Wildman–Crippen LogP) is 1.66. The fourth-order valence-electron chi connectivity index (χ4n) is 2.28. The van der Waals surface area contributed by atoms with Gasteiger partial charge in [-0.2, -0.15) is 12.6 Å². The fourth-order valence-corrected chi connectivity index (χ4v) is 2.53. The first kappa shape index (κ1) is 15.3. The Morgan fingerprint density at radius 1 is 1.57 bits per heavy atom. The molecule has 1 amide bonds. The van der Waals surface area contributed by atoms with Gasteiger partial charge >= 0.3 is 5.97 Å². The van der Waals surface area contributed by atoms with Crippen LogP contribution in [0.5, 0.6) is 0 Å². The highest BCUT2D eigenvalue weighted by Gasteiger charge is 2.32. The van der Waals surface area contributed by atoms with E-state index in [0.29, 0.717) is 24.4 Å². The van der Waals surface area contributed by atoms with Crippen molar-refractivity contribution >= 4 is 35.9 Å². The van der Waals surface area contributed by atoms with Crippen molar-refractivity contribution in [2.24, 2.45) is 5.92 Å². The van der Waals surface area contributed by atoms with Gasteiger partial charge in [-0.1, -0.05) is 0 Å². The molecule has 21 heavy (non-hydrogen) atoms. The number of nitro groups is 1. The largest absolute Gasteiger partial charge is 0.465 e. The molecular weight excluding hydrogens is 296 g/mol. The van der Waals surface area contributed by atoms with Crippen LogP contribution in [0.1, 0.15) is 16.8 Å². The summed E-state index contributed by atoms with van der Waals surface area (Å²) in [5.74, 6) is -0.187. The highest BCUT2D eigenvalue weighted by molar-refractivity contribution is 7.80. The summed E-state index contributed by atoms with van der Waals surface area (Å²) >= 11 is 4.18. The number of esters is 1. The first-order chi connectivity index (χ1) is 9.97. The second kappa shape index (κ2) is 6.13. The van der Waals surface area contributed by atoms with Gasteiger partial charge in [-0.05, 0) is 17.7 Å². The van der Waals surface area contributed by atoms with Gasteiger partial charge in [0.1, 0.15) is 0 Å². The van der Waals surface area contributed by atoms with Crippen LogP contribution in [-0.4, -0.2) is 36.2 Å². The van der Waals surface area contributed by atoms with E-state index in [9.17, 15) is 19.7 Å². The quantitative estimate of drug-likeness (QED) is 0.395. The van der Waals surface area contributed by atoms with E-state index in [4.69, 9.17) is 0 Å². The number of non-ortho nitro benzene ring substituents is 1. The molecule has 1 aliphatic heterocycles. The Labute approximate surface area is 126 Å². The first-order valence-electron chi connectivity index (χ1n) is 6.26. The number of ether oxygens (including phenoxy) is 1. The van der Waals surface area contributed by atoms with Gasteiger partial charge in [0.2, 0.25) is 5.91 Å². The Morgan fingerprint density at radius 3 is 2.81 bits per heavy atom. The summed E-state index contributed by atoms with van der Waals surface area (Å²) in [6.45, 7) is 0.435. The third-order valence-electron chi connectivity index (χ3n) is 3.35. The predicted molar refractivity (Wildman–Crippen MR) is 78.7 cm³/mol. The van der Waals surface area contributed by atoms with Gasteiger partial charge < -0.3 is 9.64 Å². The second-order valence-corrected chi connectivity index (χ2v) is 5.07. The van der Waals surface area contributed by atoms with E-state index in [1.54, 1.807) is 0 Å². The average Bonchev–Trinajstić information content (AvgIpc) is 2.86. The van der Waals surface area contributed by atoms with Gasteiger partial charge in [0.05, 0.1) is 23.3 Å². The third kappa shape index (κ3) is 2.99. The molecule has 1 saturated heterocycles. The lowest BCUT2D eigenvalue weighted by Crippen LogP contribution is -2.27. The summed E-state index contributed by atoms with van der Waals surface area (Å²) in [5.41, 5.74) is 0.123. The van der Waals surface area contributed by atoms with Crippen molar-refractivity contribution in [2.45, 2.75) is 6.42 Å². The van der Waals surface area contributed by atoms with Crippen LogP contribution in [0.3, 0.4) is 0 Å². The summed E-state index contributed by atoms with van der Waals surface area (Å²) in [4.78, 5) is 35.5. The number of nitro benzene ring substituents is 1. The zero-order chi connectivity index (χ0) is 15.6. The summed E-state index contributed by atoms with van der Waals surface area (Å²) in [6.07, 6.45) is 0.348. The molecule has 0 spiro atoms. The van der Waals surface area contributed by atoms with E-state index >= 15 is 0 Å². The van der Waals surface area contributed by atoms with Crippen LogP contribution in [0.25, 0.3) is 0 Å². The molecule has 7 nitrogen and oxygen atoms in total. The highest BCUT2D eigenvalue weighted by atomic mass is 32.1. The van der Waals surface area contributed by atoms with Gasteiger partial charge in [-0.3, -0.25) is 14.9 Å². The lowest BCUT2D eigenvalue weighted by Gasteiger charge is -2.19. The third-order valence-corrected chi connectivity index (χ3v) is 3.87. The number of hydrogen-bond acceptors (Lipinski definition) is 6. The number of benzene rings is 1. The summed E-state index contributed by atoms with van der Waals surface area (Å²) in [5, 5.41) is 10.8. The van der Waals surface area contributed by atoms with Crippen LogP contribution < -0.4 is 4.90 Å². The molecule has 0 aliphatic carbocycles. The molecule has 1 aromatic rings. The molecule has 1 heterocycles. The molecular formula is C13H14N2O5S. The van der Waals surface area contributed by atoms with Gasteiger partial charge in [-0.15, -0.1) is 0 Å². The first-order valence-corrected chi connectivity index (χ1v) is 6.89. The van der Waals surface area contributed by atoms with E-state index in [2.05, 4.69) is 17.4 Å². The Hall–Kier alpha value is -2.09. The molecule has 1 unspecified atom stereocenters. The van der Waals surface area contributed by atoms with Crippen molar-refractivity contribution in [3.8, 4) is 0 Å². The molecule has 0 radical (unpaired) electrons. The molecule has 0 aromatic heterocycles. The molecule has 8 heteroatoms. The minimum atomic E-state index is -0.712. The minimum Gasteiger partial charge on any atom is -0.465 e. The molecule has 0 saturated carbocycles. The van der Waals surface area contributed by atoms with E-state index in [-0.39, 0.29) is 23.1 Å². The highest BCUT2D eigenvalue weighted by Crippen LogP contribution is 2.31. The topological polar surface area (TPSA) is 89.8 Å². The minimum absolute atomic E-state index is 0.0138. The van der Waals surface area contributed by atoms with Crippen molar-refractivity contribution in [3.63, 3.8) is 0 Å². The van der Waals surface area contributed by atoms with E-state index in [1.165, 1.54) is 24.1 Å². The Balaban J connectivity index is 2.45. The number of carbonyl (C=O) groups excluding carboxylic acids is 2. The van der Waals surface area contributed by atoms with E-state index in [0.717, 1.165) is 6.07 Å². The molecule has 1 atom stereocenters. The van der Waals surface area contributed by atoms with E-state index in [1.807, 2.05) is 0 Å². The Morgan fingerprint density at radius 2 is 2.29 bits per heavy atom. The molecule has 0 N–H and O–H groups in total. The van der Waals surface area contributed by atoms with Gasteiger partial charge in [-0.25, -0.2) is 4.79 Å². The smallest absolute Gasteiger partial charge is 0.340 e. The van der Waals surface area contributed by atoms with Crippen molar-refractivity contribution in [1.82, 2.24) is 0 Å². The lowest BCUT2D eigenvalue weighted by molar-refractivity contribution is -0.384. The van der Waals surface area contributed by atoms with E-state index < -0.39 is 10.9 Å². The summed E-state index contributed by atoms with van der Waals surface area (Å²) < 4.78 is 4.65. The summed E-state index contributed by atoms with van der Waals surface area (Å²) in [6, 6.07) is 3.80. The van der Waals surface area contributed by atoms with Gasteiger partial charge in [0.15, 0.2) is 0 Å². The molecule has 1 aliphatic rings. The van der Waals surface area contributed by atoms with Crippen molar-refractivity contribution in [1.29, 1.82) is 0 Å². The monoisotopic (exact) mass is 310 g/mol. The maximum Gasteiger partial charge on any atom is 0.340 e. The Kier molecular flexibility index (Phi) is 4.46. The van der Waals surface area contributed by atoms with Crippen molar-refractivity contribution in [2.75, 3.05) is 24.3 Å². The summed E-state index contributed by atoms with van der Waals surface area (Å²) in [7, 11) is 1.19. The number of hydrogen-bond donors (Lipinski definition) is 1. The maximum absolute atomic E-state index is 12.0. The number of thiol groups is 1. The van der Waals surface area contributed by atoms with Crippen molar-refractivity contribution < 1.29 is 19.2 Å². The van der Waals surface area contributed by atoms with Crippen LogP contribution in [0.2, 0.25) is 0 Å². The zero-order valence-electron chi connectivity index (χ0n) is 11.3. The van der Waals surface area contributed by atoms with Crippen LogP contribution >= 0.6 is 12.6 Å². The Bertz CT molecular complexity index is 604. The SMILES string of the molecule is COC(=O)c1cc([N+](=O)[O-])ccc1N1CC(CS)CC1=O. The van der Waals surface area contributed by atoms with Crippen molar-refractivity contribution in [3.05, 3.63) is 33.9 Å². The number of nitrogens with zero attached hydrogens (tertiary/aromatic N) is 2.